The van der Waals surface area contributed by atoms with Crippen molar-refractivity contribution >= 4 is 7.60 Å². The lowest BCUT2D eigenvalue weighted by molar-refractivity contribution is -0.109. The fourth-order valence-electron chi connectivity index (χ4n) is 0.468. The van der Waals surface area contributed by atoms with Crippen molar-refractivity contribution in [1.29, 1.82) is 0 Å². The predicted octanol–water partition coefficient (Wildman–Crippen LogP) is 2.23. The molecule has 78 valence electrons. The van der Waals surface area contributed by atoms with Crippen molar-refractivity contribution in [3.8, 4) is 0 Å². The molecule has 1 atom stereocenters. The molecule has 8 heteroatoms. The van der Waals surface area contributed by atoms with E-state index in [4.69, 9.17) is 4.89 Å². The molecule has 0 aromatic carbocycles. The second-order valence-electron chi connectivity index (χ2n) is 2.07. The number of hydrogen-bond acceptors (Lipinski definition) is 2. The zero-order valence-corrected chi connectivity index (χ0v) is 7.19. The molecule has 0 rings (SSSR count). The molecule has 3 nitrogen and oxygen atoms in total. The highest BCUT2D eigenvalue weighted by Crippen LogP contribution is 2.46. The third-order valence-electron chi connectivity index (χ3n) is 0.841. The van der Waals surface area contributed by atoms with Gasteiger partial charge in [-0.25, -0.2) is 4.39 Å². The van der Waals surface area contributed by atoms with Gasteiger partial charge in [0.05, 0.1) is 12.9 Å². The first-order valence-electron chi connectivity index (χ1n) is 3.05. The average Bonchev–Trinajstić information content (AvgIpc) is 1.81. The van der Waals surface area contributed by atoms with Crippen LogP contribution in [0, 0.1) is 0 Å². The molecule has 0 fully saturated rings. The highest BCUT2D eigenvalue weighted by atomic mass is 31.2. The van der Waals surface area contributed by atoms with Crippen LogP contribution in [0.2, 0.25) is 0 Å². The summed E-state index contributed by atoms with van der Waals surface area (Å²) in [7, 11) is -4.69. The van der Waals surface area contributed by atoms with Gasteiger partial charge in [-0.05, 0) is 6.08 Å². The van der Waals surface area contributed by atoms with Crippen molar-refractivity contribution < 1.29 is 31.5 Å². The van der Waals surface area contributed by atoms with Crippen LogP contribution in [-0.4, -0.2) is 23.8 Å². The summed E-state index contributed by atoms with van der Waals surface area (Å²) in [4.78, 5) is 8.53. The van der Waals surface area contributed by atoms with E-state index in [9.17, 15) is 22.1 Å². The Morgan fingerprint density at radius 1 is 1.46 bits per heavy atom. The van der Waals surface area contributed by atoms with Crippen LogP contribution in [0.15, 0.2) is 12.4 Å². The molecule has 1 N–H and O–H groups in total. The Balaban J connectivity index is 4.02. The molecule has 0 spiro atoms. The summed E-state index contributed by atoms with van der Waals surface area (Å²) in [5.41, 5.74) is 0. The average molecular weight is 222 g/mol. The Hall–Kier alpha value is -0.390. The molecule has 13 heavy (non-hydrogen) atoms. The normalized spacial score (nSPS) is 17.6. The van der Waals surface area contributed by atoms with E-state index in [0.29, 0.717) is 6.08 Å². The van der Waals surface area contributed by atoms with Crippen LogP contribution < -0.4 is 0 Å². The Bertz CT molecular complexity index is 224. The van der Waals surface area contributed by atoms with Gasteiger partial charge in [-0.2, -0.15) is 13.2 Å². The third-order valence-corrected chi connectivity index (χ3v) is 2.15. The van der Waals surface area contributed by atoms with Crippen LogP contribution in [0.4, 0.5) is 17.6 Å². The first kappa shape index (κ1) is 12.6. The molecule has 0 bridgehead atoms. The SMILES string of the molecule is O=P(O)(CC(F)(F)F)OCC=CF. The topological polar surface area (TPSA) is 46.5 Å². The van der Waals surface area contributed by atoms with Gasteiger partial charge in [0.15, 0.2) is 0 Å². The van der Waals surface area contributed by atoms with Crippen LogP contribution in [0.3, 0.4) is 0 Å². The van der Waals surface area contributed by atoms with E-state index in [1.165, 1.54) is 0 Å². The maximum atomic E-state index is 11.6. The van der Waals surface area contributed by atoms with E-state index in [2.05, 4.69) is 4.52 Å². The van der Waals surface area contributed by atoms with Crippen LogP contribution in [0.1, 0.15) is 0 Å². The summed E-state index contributed by atoms with van der Waals surface area (Å²) in [6, 6.07) is 0. The van der Waals surface area contributed by atoms with Crippen molar-refractivity contribution in [3.63, 3.8) is 0 Å². The van der Waals surface area contributed by atoms with E-state index < -0.39 is 26.5 Å². The van der Waals surface area contributed by atoms with Crippen molar-refractivity contribution in [2.75, 3.05) is 12.8 Å². The number of halogens is 4. The Morgan fingerprint density at radius 2 is 2.00 bits per heavy atom. The van der Waals surface area contributed by atoms with E-state index in [0.717, 1.165) is 0 Å². The number of rotatable bonds is 4. The van der Waals surface area contributed by atoms with E-state index in [1.54, 1.807) is 0 Å². The van der Waals surface area contributed by atoms with Crippen LogP contribution in [0.25, 0.3) is 0 Å². The summed E-state index contributed by atoms with van der Waals surface area (Å²) < 4.78 is 60.4. The molecule has 0 aliphatic carbocycles. The monoisotopic (exact) mass is 222 g/mol. The molecule has 0 amide bonds. The van der Waals surface area contributed by atoms with Gasteiger partial charge in [0.2, 0.25) is 0 Å². The van der Waals surface area contributed by atoms with Crippen molar-refractivity contribution in [1.82, 2.24) is 0 Å². The first-order valence-corrected chi connectivity index (χ1v) is 4.81. The highest BCUT2D eigenvalue weighted by molar-refractivity contribution is 7.52. The summed E-state index contributed by atoms with van der Waals surface area (Å²) in [6.45, 7) is -0.666. The summed E-state index contributed by atoms with van der Waals surface area (Å²) >= 11 is 0. The Kier molecular flexibility index (Phi) is 4.60. The maximum Gasteiger partial charge on any atom is 0.400 e. The zero-order valence-electron chi connectivity index (χ0n) is 6.29. The molecular formula is C5H7F4O3P. The number of hydrogen-bond donors (Lipinski definition) is 1. The van der Waals surface area contributed by atoms with Gasteiger partial charge in [0.25, 0.3) is 0 Å². The quantitative estimate of drug-likeness (QED) is 0.586. The van der Waals surface area contributed by atoms with Gasteiger partial charge >= 0.3 is 13.8 Å². The summed E-state index contributed by atoms with van der Waals surface area (Å²) in [6.07, 6.45) is -6.02. The van der Waals surface area contributed by atoms with Gasteiger partial charge < -0.3 is 9.42 Å². The smallest absolute Gasteiger partial charge is 0.324 e. The molecule has 0 aromatic heterocycles. The molecular weight excluding hydrogens is 215 g/mol. The Labute approximate surface area is 71.5 Å². The van der Waals surface area contributed by atoms with Crippen molar-refractivity contribution in [3.05, 3.63) is 12.4 Å². The van der Waals surface area contributed by atoms with Crippen LogP contribution in [0.5, 0.6) is 0 Å². The molecule has 0 saturated heterocycles. The van der Waals surface area contributed by atoms with Crippen molar-refractivity contribution in [2.45, 2.75) is 6.18 Å². The fraction of sp³-hybridized carbons (Fsp3) is 0.600. The first-order chi connectivity index (χ1) is 5.77. The number of alkyl halides is 3. The van der Waals surface area contributed by atoms with Crippen molar-refractivity contribution in [2.24, 2.45) is 0 Å². The molecule has 1 unspecified atom stereocenters. The molecule has 0 saturated carbocycles. The standard InChI is InChI=1S/C5H7F4O3P/c6-2-1-3-12-13(10,11)4-5(7,8)9/h1-2H,3-4H2,(H,10,11). The van der Waals surface area contributed by atoms with E-state index in [-0.39, 0.29) is 6.33 Å². The molecule has 0 aromatic rings. The summed E-state index contributed by atoms with van der Waals surface area (Å²) in [5, 5.41) is 0. The van der Waals surface area contributed by atoms with Gasteiger partial charge in [-0.3, -0.25) is 4.57 Å². The molecule has 0 heterocycles. The zero-order chi connectivity index (χ0) is 10.5. The predicted molar refractivity (Wildman–Crippen MR) is 36.9 cm³/mol. The largest absolute Gasteiger partial charge is 0.400 e. The van der Waals surface area contributed by atoms with Gasteiger partial charge in [-0.15, -0.1) is 0 Å². The molecule has 0 aliphatic rings. The second kappa shape index (κ2) is 4.74. The molecule has 0 aliphatic heterocycles. The lowest BCUT2D eigenvalue weighted by Crippen LogP contribution is -2.15. The minimum Gasteiger partial charge on any atom is -0.324 e. The highest BCUT2D eigenvalue weighted by Gasteiger charge is 2.38. The summed E-state index contributed by atoms with van der Waals surface area (Å²) in [5.74, 6) is 0. The minimum atomic E-state index is -4.77. The molecule has 0 radical (unpaired) electrons. The van der Waals surface area contributed by atoms with Gasteiger partial charge in [0, 0.05) is 0 Å². The van der Waals surface area contributed by atoms with Gasteiger partial charge in [-0.1, -0.05) is 0 Å². The van der Waals surface area contributed by atoms with E-state index in [1.807, 2.05) is 0 Å². The maximum absolute atomic E-state index is 11.6. The van der Waals surface area contributed by atoms with Gasteiger partial charge in [0.1, 0.15) is 6.16 Å². The van der Waals surface area contributed by atoms with Crippen LogP contribution >= 0.6 is 7.60 Å². The second-order valence-corrected chi connectivity index (χ2v) is 3.92. The lowest BCUT2D eigenvalue weighted by atomic mass is 10.7. The Morgan fingerprint density at radius 3 is 2.38 bits per heavy atom. The van der Waals surface area contributed by atoms with E-state index >= 15 is 0 Å². The minimum absolute atomic E-state index is 0.00753. The fourth-order valence-corrected chi connectivity index (χ4v) is 1.33. The lowest BCUT2D eigenvalue weighted by Gasteiger charge is -2.12. The third kappa shape index (κ3) is 7.95. The van der Waals surface area contributed by atoms with Crippen LogP contribution in [-0.2, 0) is 9.09 Å².